The average molecular weight is 366 g/mol. The van der Waals surface area contributed by atoms with Crippen molar-refractivity contribution in [2.45, 2.75) is 19.3 Å². The number of amides is 1. The summed E-state index contributed by atoms with van der Waals surface area (Å²) in [6.07, 6.45) is 3.42. The summed E-state index contributed by atoms with van der Waals surface area (Å²) in [6, 6.07) is 13.4. The van der Waals surface area contributed by atoms with Gasteiger partial charge in [-0.05, 0) is 74.7 Å². The molecule has 0 aliphatic carbocycles. The first kappa shape index (κ1) is 17.5. The van der Waals surface area contributed by atoms with Crippen LogP contribution >= 0.6 is 0 Å². The molecule has 3 aromatic rings. The fourth-order valence-corrected chi connectivity index (χ4v) is 3.53. The monoisotopic (exact) mass is 366 g/mol. The molecule has 2 aromatic heterocycles. The number of hydrogen-bond acceptors (Lipinski definition) is 5. The van der Waals surface area contributed by atoms with Crippen LogP contribution in [-0.4, -0.2) is 40.6 Å². The van der Waals surface area contributed by atoms with Crippen LogP contribution in [-0.2, 0) is 6.42 Å². The van der Waals surface area contributed by atoms with Gasteiger partial charge in [-0.15, -0.1) is 5.10 Å². The highest BCUT2D eigenvalue weighted by atomic mass is 16.1. The number of benzene rings is 1. The van der Waals surface area contributed by atoms with Crippen molar-refractivity contribution in [3.8, 4) is 0 Å². The van der Waals surface area contributed by atoms with Gasteiger partial charge in [-0.1, -0.05) is 6.07 Å². The molecule has 0 atom stereocenters. The molecule has 142 valence electrons. The number of nitrogens with one attached hydrogen (secondary N) is 3. The molecule has 4 rings (SSSR count). The Morgan fingerprint density at radius 1 is 1.22 bits per heavy atom. The molecule has 1 aliphatic rings. The van der Waals surface area contributed by atoms with E-state index in [9.17, 15) is 4.79 Å². The van der Waals surface area contributed by atoms with Crippen LogP contribution in [0.4, 0.5) is 11.6 Å². The molecule has 7 heteroatoms. The van der Waals surface area contributed by atoms with Crippen LogP contribution in [0.25, 0.3) is 5.65 Å². The lowest BCUT2D eigenvalue weighted by Crippen LogP contribution is -2.29. The summed E-state index contributed by atoms with van der Waals surface area (Å²) in [5.74, 6) is 1.14. The summed E-state index contributed by atoms with van der Waals surface area (Å²) >= 11 is 0. The maximum Gasteiger partial charge on any atom is 0.251 e. The quantitative estimate of drug-likeness (QED) is 0.646. The third-order valence-electron chi connectivity index (χ3n) is 5.02. The van der Waals surface area contributed by atoms with Gasteiger partial charge in [0.05, 0.1) is 0 Å². The van der Waals surface area contributed by atoms with Gasteiger partial charge in [0.1, 0.15) is 0 Å². The maximum atomic E-state index is 11.6. The van der Waals surface area contributed by atoms with Crippen LogP contribution in [0.3, 0.4) is 0 Å². The molecule has 3 N–H and O–H groups in total. The van der Waals surface area contributed by atoms with Crippen LogP contribution in [0.5, 0.6) is 0 Å². The highest BCUT2D eigenvalue weighted by molar-refractivity contribution is 5.94. The lowest BCUT2D eigenvalue weighted by atomic mass is 9.93. The highest BCUT2D eigenvalue weighted by Gasteiger charge is 2.16. The minimum absolute atomic E-state index is 0. The Morgan fingerprint density at radius 3 is 2.74 bits per heavy atom. The first-order valence-electron chi connectivity index (χ1n) is 9.37. The van der Waals surface area contributed by atoms with Crippen molar-refractivity contribution in [2.24, 2.45) is 5.92 Å². The van der Waals surface area contributed by atoms with E-state index < -0.39 is 0 Å². The summed E-state index contributed by atoms with van der Waals surface area (Å²) in [7, 11) is 1.62. The zero-order chi connectivity index (χ0) is 18.6. The molecule has 1 fully saturated rings. The van der Waals surface area contributed by atoms with Gasteiger partial charge in [0.15, 0.2) is 5.65 Å². The van der Waals surface area contributed by atoms with E-state index in [1.807, 2.05) is 28.8 Å². The molecule has 3 heterocycles. The molecule has 1 aromatic carbocycles. The van der Waals surface area contributed by atoms with Crippen molar-refractivity contribution >= 4 is 23.2 Å². The number of anilines is 2. The van der Waals surface area contributed by atoms with Crippen molar-refractivity contribution < 1.29 is 6.22 Å². The number of pyridine rings is 1. The topological polar surface area (TPSA) is 83.3 Å². The second kappa shape index (κ2) is 7.75. The first-order chi connectivity index (χ1) is 13.2. The molecule has 1 amide bonds. The molecule has 27 heavy (non-hydrogen) atoms. The SMILES string of the molecule is CNC(=O)c1ccc(Nc2nc3cccc(CC4CCNCC4)n3n2)cc1.[HH]. The summed E-state index contributed by atoms with van der Waals surface area (Å²) in [6.45, 7) is 2.19. The van der Waals surface area contributed by atoms with E-state index in [4.69, 9.17) is 0 Å². The van der Waals surface area contributed by atoms with Crippen molar-refractivity contribution in [2.75, 3.05) is 25.5 Å². The molecule has 1 saturated heterocycles. The molecule has 0 radical (unpaired) electrons. The Morgan fingerprint density at radius 2 is 2.00 bits per heavy atom. The van der Waals surface area contributed by atoms with Gasteiger partial charge in [-0.3, -0.25) is 4.79 Å². The zero-order valence-corrected chi connectivity index (χ0v) is 15.4. The number of carbonyl (C=O) groups is 1. The number of fused-ring (bicyclic) bond motifs is 1. The summed E-state index contributed by atoms with van der Waals surface area (Å²) < 4.78 is 1.93. The molecule has 0 bridgehead atoms. The van der Waals surface area contributed by atoms with Gasteiger partial charge in [-0.25, -0.2) is 4.52 Å². The maximum absolute atomic E-state index is 11.6. The summed E-state index contributed by atoms with van der Waals surface area (Å²) in [4.78, 5) is 16.2. The Hall–Kier alpha value is -2.93. The van der Waals surface area contributed by atoms with Crippen LogP contribution in [0.15, 0.2) is 42.5 Å². The van der Waals surface area contributed by atoms with Crippen molar-refractivity contribution in [3.05, 3.63) is 53.7 Å². The van der Waals surface area contributed by atoms with E-state index in [2.05, 4.69) is 32.1 Å². The van der Waals surface area contributed by atoms with Crippen LogP contribution in [0, 0.1) is 5.92 Å². The van der Waals surface area contributed by atoms with E-state index >= 15 is 0 Å². The highest BCUT2D eigenvalue weighted by Crippen LogP contribution is 2.20. The van der Waals surface area contributed by atoms with Gasteiger partial charge in [0.25, 0.3) is 5.91 Å². The van der Waals surface area contributed by atoms with Gasteiger partial charge in [-0.2, -0.15) is 4.98 Å². The normalized spacial score (nSPS) is 15.0. The van der Waals surface area contributed by atoms with Crippen LogP contribution in [0.2, 0.25) is 0 Å². The Kier molecular flexibility index (Phi) is 5.02. The lowest BCUT2D eigenvalue weighted by molar-refractivity contribution is 0.0963. The third-order valence-corrected chi connectivity index (χ3v) is 5.02. The average Bonchev–Trinajstić information content (AvgIpc) is 3.12. The van der Waals surface area contributed by atoms with Gasteiger partial charge < -0.3 is 16.0 Å². The van der Waals surface area contributed by atoms with Gasteiger partial charge in [0, 0.05) is 25.4 Å². The smallest absolute Gasteiger partial charge is 0.251 e. The minimum atomic E-state index is -0.102. The van der Waals surface area contributed by atoms with E-state index in [-0.39, 0.29) is 7.33 Å². The molecule has 1 aliphatic heterocycles. The number of nitrogens with zero attached hydrogens (tertiary/aromatic N) is 3. The van der Waals surface area contributed by atoms with E-state index in [1.165, 1.54) is 18.5 Å². The summed E-state index contributed by atoms with van der Waals surface area (Å²) in [5.41, 5.74) is 3.49. The van der Waals surface area contributed by atoms with Crippen LogP contribution in [0.1, 0.15) is 30.3 Å². The van der Waals surface area contributed by atoms with Crippen LogP contribution < -0.4 is 16.0 Å². The molecule has 0 saturated carbocycles. The van der Waals surface area contributed by atoms with Crippen molar-refractivity contribution in [1.82, 2.24) is 25.2 Å². The van der Waals surface area contributed by atoms with Gasteiger partial charge >= 0.3 is 0 Å². The first-order valence-corrected chi connectivity index (χ1v) is 9.37. The Bertz CT molecular complexity index is 934. The van der Waals surface area contributed by atoms with Crippen molar-refractivity contribution in [1.29, 1.82) is 0 Å². The fraction of sp³-hybridized carbons (Fsp3) is 0.350. The fourth-order valence-electron chi connectivity index (χ4n) is 3.53. The minimum Gasteiger partial charge on any atom is -0.355 e. The molecular formula is C20H26N6O. The number of piperidine rings is 1. The van der Waals surface area contributed by atoms with E-state index in [0.29, 0.717) is 17.4 Å². The predicted molar refractivity (Wildman–Crippen MR) is 108 cm³/mol. The Balaban J connectivity index is 0.00000225. The third kappa shape index (κ3) is 3.93. The summed E-state index contributed by atoms with van der Waals surface area (Å²) in [5, 5.41) is 13.9. The number of carbonyl (C=O) groups excluding carboxylic acids is 1. The zero-order valence-electron chi connectivity index (χ0n) is 15.4. The molecular weight excluding hydrogens is 340 g/mol. The number of aromatic nitrogens is 3. The lowest BCUT2D eigenvalue weighted by Gasteiger charge is -2.22. The molecule has 0 spiro atoms. The van der Waals surface area contributed by atoms with E-state index in [0.717, 1.165) is 30.8 Å². The predicted octanol–water partition coefficient (Wildman–Crippen LogP) is 2.62. The standard InChI is InChI=1S/C20H24N6O.H2/c1-21-19(27)15-5-7-16(8-6-15)23-20-24-18-4-2-3-17(26(18)25-20)13-14-9-11-22-12-10-14;/h2-8,14,22H,9-13H2,1H3,(H,21,27)(H,23,25);1H. The van der Waals surface area contributed by atoms with E-state index in [1.54, 1.807) is 19.2 Å². The van der Waals surface area contributed by atoms with Gasteiger partial charge in [0.2, 0.25) is 5.95 Å². The van der Waals surface area contributed by atoms with Crippen molar-refractivity contribution in [3.63, 3.8) is 0 Å². The Labute approximate surface area is 159 Å². The molecule has 0 unspecified atom stereocenters. The second-order valence-corrected chi connectivity index (χ2v) is 6.90. The second-order valence-electron chi connectivity index (χ2n) is 6.90. The molecule has 7 nitrogen and oxygen atoms in total. The largest absolute Gasteiger partial charge is 0.355 e. The number of rotatable bonds is 5. The number of hydrogen-bond donors (Lipinski definition) is 3.